The molecule has 2 atom stereocenters. The molecule has 0 aliphatic heterocycles. The standard InChI is InChI=1S/C13H18N2OS/c1-3-11(10-7-5-4-6-8-10)13(16)15-9(2)12(14)17/h4-9,11H,3H2,1-2H3,(H2,14,17)(H,15,16). The number of nitrogens with one attached hydrogen (secondary N) is 1. The van der Waals surface area contributed by atoms with Crippen molar-refractivity contribution in [2.45, 2.75) is 32.2 Å². The summed E-state index contributed by atoms with van der Waals surface area (Å²) in [5.41, 5.74) is 6.50. The summed E-state index contributed by atoms with van der Waals surface area (Å²) in [6.45, 7) is 3.78. The van der Waals surface area contributed by atoms with Gasteiger partial charge in [-0.15, -0.1) is 0 Å². The average molecular weight is 250 g/mol. The summed E-state index contributed by atoms with van der Waals surface area (Å²) in [5.74, 6) is -0.174. The van der Waals surface area contributed by atoms with Crippen molar-refractivity contribution < 1.29 is 4.79 Å². The molecule has 1 rings (SSSR count). The Hall–Kier alpha value is -1.42. The summed E-state index contributed by atoms with van der Waals surface area (Å²) in [6, 6.07) is 9.45. The Balaban J connectivity index is 2.75. The molecule has 0 bridgehead atoms. The molecule has 0 aliphatic rings. The lowest BCUT2D eigenvalue weighted by molar-refractivity contribution is -0.122. The number of amides is 1. The predicted octanol–water partition coefficient (Wildman–Crippen LogP) is 1.97. The first kappa shape index (κ1) is 13.6. The third-order valence-electron chi connectivity index (χ3n) is 2.71. The van der Waals surface area contributed by atoms with Crippen LogP contribution in [0.5, 0.6) is 0 Å². The SMILES string of the molecule is CCC(C(=O)NC(C)C(N)=S)c1ccccc1. The Morgan fingerprint density at radius 2 is 2.00 bits per heavy atom. The average Bonchev–Trinajstić information content (AvgIpc) is 2.31. The summed E-state index contributed by atoms with van der Waals surface area (Å²) < 4.78 is 0. The zero-order chi connectivity index (χ0) is 12.8. The molecule has 92 valence electrons. The first-order valence-electron chi connectivity index (χ1n) is 5.71. The van der Waals surface area contributed by atoms with Crippen LogP contribution in [0.4, 0.5) is 0 Å². The van der Waals surface area contributed by atoms with Gasteiger partial charge >= 0.3 is 0 Å². The summed E-state index contributed by atoms with van der Waals surface area (Å²) in [6.07, 6.45) is 0.750. The van der Waals surface area contributed by atoms with Crippen LogP contribution in [-0.2, 0) is 4.79 Å². The van der Waals surface area contributed by atoms with Crippen molar-refractivity contribution >= 4 is 23.1 Å². The van der Waals surface area contributed by atoms with Gasteiger partial charge in [-0.1, -0.05) is 49.5 Å². The van der Waals surface area contributed by atoms with Gasteiger partial charge in [0.15, 0.2) is 0 Å². The maximum Gasteiger partial charge on any atom is 0.228 e. The zero-order valence-corrected chi connectivity index (χ0v) is 11.0. The molecule has 0 aliphatic carbocycles. The van der Waals surface area contributed by atoms with Gasteiger partial charge in [-0.25, -0.2) is 0 Å². The number of nitrogens with two attached hydrogens (primary N) is 1. The highest BCUT2D eigenvalue weighted by molar-refractivity contribution is 7.80. The van der Waals surface area contributed by atoms with Gasteiger partial charge in [0, 0.05) is 0 Å². The highest BCUT2D eigenvalue weighted by Gasteiger charge is 2.20. The molecule has 1 amide bonds. The highest BCUT2D eigenvalue weighted by atomic mass is 32.1. The van der Waals surface area contributed by atoms with E-state index in [1.54, 1.807) is 6.92 Å². The maximum absolute atomic E-state index is 12.1. The normalized spacial score (nSPS) is 13.8. The molecule has 0 saturated heterocycles. The molecular formula is C13H18N2OS. The molecule has 0 saturated carbocycles. The first-order chi connectivity index (χ1) is 8.06. The van der Waals surface area contributed by atoms with Crippen LogP contribution in [0.2, 0.25) is 0 Å². The lowest BCUT2D eigenvalue weighted by Gasteiger charge is -2.18. The second kappa shape index (κ2) is 6.35. The van der Waals surface area contributed by atoms with E-state index in [1.807, 2.05) is 37.3 Å². The molecule has 0 aromatic heterocycles. The number of carbonyl (C=O) groups is 1. The number of hydrogen-bond donors (Lipinski definition) is 2. The fourth-order valence-corrected chi connectivity index (χ4v) is 1.70. The van der Waals surface area contributed by atoms with Crippen molar-refractivity contribution in [2.24, 2.45) is 5.73 Å². The van der Waals surface area contributed by atoms with E-state index in [9.17, 15) is 4.79 Å². The van der Waals surface area contributed by atoms with E-state index >= 15 is 0 Å². The molecule has 3 nitrogen and oxygen atoms in total. The Kier molecular flexibility index (Phi) is 5.10. The van der Waals surface area contributed by atoms with E-state index in [2.05, 4.69) is 5.32 Å². The molecular weight excluding hydrogens is 232 g/mol. The van der Waals surface area contributed by atoms with Crippen molar-refractivity contribution in [2.75, 3.05) is 0 Å². The lowest BCUT2D eigenvalue weighted by atomic mass is 9.95. The predicted molar refractivity (Wildman–Crippen MR) is 73.9 cm³/mol. The van der Waals surface area contributed by atoms with Crippen molar-refractivity contribution in [1.82, 2.24) is 5.32 Å². The van der Waals surface area contributed by atoms with E-state index in [-0.39, 0.29) is 17.9 Å². The number of benzene rings is 1. The van der Waals surface area contributed by atoms with Crippen LogP contribution in [0.15, 0.2) is 30.3 Å². The van der Waals surface area contributed by atoms with Gasteiger partial charge in [-0.05, 0) is 18.9 Å². The minimum Gasteiger partial charge on any atom is -0.392 e. The maximum atomic E-state index is 12.1. The first-order valence-corrected chi connectivity index (χ1v) is 6.11. The van der Waals surface area contributed by atoms with Crippen LogP contribution in [0.25, 0.3) is 0 Å². The monoisotopic (exact) mass is 250 g/mol. The molecule has 0 spiro atoms. The third kappa shape index (κ3) is 3.82. The van der Waals surface area contributed by atoms with Crippen LogP contribution in [0, 0.1) is 0 Å². The number of rotatable bonds is 5. The molecule has 0 radical (unpaired) electrons. The van der Waals surface area contributed by atoms with E-state index in [4.69, 9.17) is 18.0 Å². The molecule has 2 unspecified atom stereocenters. The van der Waals surface area contributed by atoms with Gasteiger partial charge in [-0.3, -0.25) is 4.79 Å². The second-order valence-corrected chi connectivity index (χ2v) is 4.48. The van der Waals surface area contributed by atoms with Gasteiger partial charge in [0.25, 0.3) is 0 Å². The van der Waals surface area contributed by atoms with Crippen LogP contribution in [0.3, 0.4) is 0 Å². The molecule has 17 heavy (non-hydrogen) atoms. The van der Waals surface area contributed by atoms with Crippen molar-refractivity contribution in [3.05, 3.63) is 35.9 Å². The summed E-state index contributed by atoms with van der Waals surface area (Å²) in [5, 5.41) is 2.82. The van der Waals surface area contributed by atoms with Crippen molar-refractivity contribution in [3.63, 3.8) is 0 Å². The van der Waals surface area contributed by atoms with E-state index < -0.39 is 0 Å². The Bertz CT molecular complexity index is 392. The molecule has 4 heteroatoms. The second-order valence-electron chi connectivity index (χ2n) is 4.00. The smallest absolute Gasteiger partial charge is 0.228 e. The molecule has 1 aromatic carbocycles. The largest absolute Gasteiger partial charge is 0.392 e. The Morgan fingerprint density at radius 3 is 2.47 bits per heavy atom. The zero-order valence-electron chi connectivity index (χ0n) is 10.1. The molecule has 3 N–H and O–H groups in total. The highest BCUT2D eigenvalue weighted by Crippen LogP contribution is 2.19. The van der Waals surface area contributed by atoms with Crippen LogP contribution >= 0.6 is 12.2 Å². The fourth-order valence-electron chi connectivity index (χ4n) is 1.64. The lowest BCUT2D eigenvalue weighted by Crippen LogP contribution is -2.43. The van der Waals surface area contributed by atoms with Crippen molar-refractivity contribution in [3.8, 4) is 0 Å². The quantitative estimate of drug-likeness (QED) is 0.786. The van der Waals surface area contributed by atoms with Gasteiger partial charge in [-0.2, -0.15) is 0 Å². The topological polar surface area (TPSA) is 55.1 Å². The van der Waals surface area contributed by atoms with E-state index in [1.165, 1.54) is 0 Å². The number of carbonyl (C=O) groups excluding carboxylic acids is 1. The molecule has 0 heterocycles. The van der Waals surface area contributed by atoms with Gasteiger partial charge in [0.1, 0.15) is 0 Å². The minimum absolute atomic E-state index is 0.0287. The summed E-state index contributed by atoms with van der Waals surface area (Å²) in [7, 11) is 0. The third-order valence-corrected chi connectivity index (χ3v) is 3.07. The Morgan fingerprint density at radius 1 is 1.41 bits per heavy atom. The number of hydrogen-bond acceptors (Lipinski definition) is 2. The summed E-state index contributed by atoms with van der Waals surface area (Å²) >= 11 is 4.84. The van der Waals surface area contributed by atoms with Gasteiger partial charge < -0.3 is 11.1 Å². The summed E-state index contributed by atoms with van der Waals surface area (Å²) in [4.78, 5) is 12.4. The minimum atomic E-state index is -0.268. The van der Waals surface area contributed by atoms with Gasteiger partial charge in [0.05, 0.1) is 16.9 Å². The van der Waals surface area contributed by atoms with Crippen LogP contribution < -0.4 is 11.1 Å². The Labute approximate surface area is 107 Å². The molecule has 1 aromatic rings. The van der Waals surface area contributed by atoms with Crippen LogP contribution in [-0.4, -0.2) is 16.9 Å². The number of thiocarbonyl (C=S) groups is 1. The van der Waals surface area contributed by atoms with E-state index in [0.717, 1.165) is 12.0 Å². The van der Waals surface area contributed by atoms with E-state index in [0.29, 0.717) is 4.99 Å². The fraction of sp³-hybridized carbons (Fsp3) is 0.385. The molecule has 0 fully saturated rings. The van der Waals surface area contributed by atoms with Gasteiger partial charge in [0.2, 0.25) is 5.91 Å². The van der Waals surface area contributed by atoms with Crippen molar-refractivity contribution in [1.29, 1.82) is 0 Å². The van der Waals surface area contributed by atoms with Crippen LogP contribution in [0.1, 0.15) is 31.7 Å².